The molecular weight excluding hydrogens is 221 g/mol. The van der Waals surface area contributed by atoms with E-state index in [1.165, 1.54) is 12.3 Å². The number of hydrogen-bond acceptors (Lipinski definition) is 4. The molecule has 0 radical (unpaired) electrons. The van der Waals surface area contributed by atoms with Crippen LogP contribution in [0.5, 0.6) is 0 Å². The molecule has 2 rings (SSSR count). The van der Waals surface area contributed by atoms with E-state index in [-0.39, 0.29) is 5.82 Å². The molecule has 0 fully saturated rings. The maximum atomic E-state index is 13.0. The molecule has 0 amide bonds. The molecule has 2 aromatic heterocycles. The van der Waals surface area contributed by atoms with Gasteiger partial charge in [-0.1, -0.05) is 18.6 Å². The normalized spacial score (nSPS) is 10.7. The smallest absolute Gasteiger partial charge is 0.169 e. The van der Waals surface area contributed by atoms with Gasteiger partial charge in [-0.15, -0.1) is 5.10 Å². The molecule has 0 atom stereocenters. The van der Waals surface area contributed by atoms with Crippen LogP contribution in [0.2, 0.25) is 0 Å². The van der Waals surface area contributed by atoms with Crippen molar-refractivity contribution in [3.63, 3.8) is 0 Å². The highest BCUT2D eigenvalue weighted by atomic mass is 19.1. The number of nitrogens with zero attached hydrogens (tertiary/aromatic N) is 4. The maximum absolute atomic E-state index is 13.0. The monoisotopic (exact) mass is 235 g/mol. The summed E-state index contributed by atoms with van der Waals surface area (Å²) < 4.78 is 14.7. The summed E-state index contributed by atoms with van der Waals surface area (Å²) in [6, 6.07) is 1.43. The first kappa shape index (κ1) is 11.5. The maximum Gasteiger partial charge on any atom is 0.169 e. The van der Waals surface area contributed by atoms with Crippen LogP contribution in [0.4, 0.5) is 10.2 Å². The summed E-state index contributed by atoms with van der Waals surface area (Å²) in [5.41, 5.74) is 7.36. The van der Waals surface area contributed by atoms with E-state index in [0.717, 1.165) is 24.1 Å². The summed E-state index contributed by atoms with van der Waals surface area (Å²) in [5, 5.41) is 7.78. The van der Waals surface area contributed by atoms with E-state index < -0.39 is 0 Å². The molecule has 0 aliphatic rings. The van der Waals surface area contributed by atoms with Gasteiger partial charge in [0, 0.05) is 6.20 Å². The lowest BCUT2D eigenvalue weighted by Crippen LogP contribution is -2.08. The largest absolute Gasteiger partial charge is 0.381 e. The predicted molar refractivity (Wildman–Crippen MR) is 61.7 cm³/mol. The number of nitrogen functional groups attached to an aromatic ring is 1. The van der Waals surface area contributed by atoms with Crippen LogP contribution in [0.15, 0.2) is 18.5 Å². The average molecular weight is 235 g/mol. The van der Waals surface area contributed by atoms with Crippen LogP contribution in [-0.2, 0) is 13.0 Å². The van der Waals surface area contributed by atoms with Gasteiger partial charge >= 0.3 is 0 Å². The standard InChI is InChI=1S/C11H14FN5/c1-2-3-10-11(13)15-16-17(10)7-8-4-9(12)6-14-5-8/h4-6H,2-3,7,13H2,1H3. The van der Waals surface area contributed by atoms with Crippen LogP contribution in [0.1, 0.15) is 24.6 Å². The molecule has 2 heterocycles. The van der Waals surface area contributed by atoms with Crippen LogP contribution in [0.3, 0.4) is 0 Å². The van der Waals surface area contributed by atoms with Gasteiger partial charge in [0.05, 0.1) is 18.4 Å². The van der Waals surface area contributed by atoms with E-state index in [2.05, 4.69) is 22.2 Å². The minimum Gasteiger partial charge on any atom is -0.381 e. The van der Waals surface area contributed by atoms with Gasteiger partial charge in [-0.3, -0.25) is 4.98 Å². The van der Waals surface area contributed by atoms with E-state index in [1.54, 1.807) is 10.9 Å². The van der Waals surface area contributed by atoms with Crippen molar-refractivity contribution in [1.29, 1.82) is 0 Å². The van der Waals surface area contributed by atoms with Crippen molar-refractivity contribution in [2.24, 2.45) is 0 Å². The molecule has 90 valence electrons. The average Bonchev–Trinajstić information content (AvgIpc) is 2.62. The summed E-state index contributed by atoms with van der Waals surface area (Å²) in [4.78, 5) is 3.80. The molecule has 0 aliphatic carbocycles. The summed E-state index contributed by atoms with van der Waals surface area (Å²) in [7, 11) is 0. The fraction of sp³-hybridized carbons (Fsp3) is 0.364. The lowest BCUT2D eigenvalue weighted by molar-refractivity contribution is 0.594. The predicted octanol–water partition coefficient (Wildman–Crippen LogP) is 1.40. The minimum absolute atomic E-state index is 0.354. The van der Waals surface area contributed by atoms with Gasteiger partial charge in [-0.25, -0.2) is 9.07 Å². The molecule has 6 heteroatoms. The minimum atomic E-state index is -0.354. The highest BCUT2D eigenvalue weighted by Crippen LogP contribution is 2.12. The third-order valence-electron chi connectivity index (χ3n) is 2.45. The molecule has 17 heavy (non-hydrogen) atoms. The van der Waals surface area contributed by atoms with E-state index in [1.807, 2.05) is 0 Å². The van der Waals surface area contributed by atoms with Crippen LogP contribution in [0, 0.1) is 5.82 Å². The number of rotatable bonds is 4. The summed E-state index contributed by atoms with van der Waals surface area (Å²) >= 11 is 0. The molecule has 5 nitrogen and oxygen atoms in total. The fourth-order valence-corrected chi connectivity index (χ4v) is 1.68. The third-order valence-corrected chi connectivity index (χ3v) is 2.45. The first-order chi connectivity index (χ1) is 8.20. The Morgan fingerprint density at radius 1 is 1.41 bits per heavy atom. The van der Waals surface area contributed by atoms with Crippen molar-refractivity contribution in [3.8, 4) is 0 Å². The highest BCUT2D eigenvalue weighted by Gasteiger charge is 2.09. The first-order valence-electron chi connectivity index (χ1n) is 5.48. The zero-order valence-electron chi connectivity index (χ0n) is 9.60. The zero-order chi connectivity index (χ0) is 12.3. The lowest BCUT2D eigenvalue weighted by Gasteiger charge is -2.05. The van der Waals surface area contributed by atoms with Crippen molar-refractivity contribution in [2.75, 3.05) is 5.73 Å². The van der Waals surface area contributed by atoms with E-state index in [0.29, 0.717) is 12.4 Å². The molecule has 2 N–H and O–H groups in total. The molecule has 0 bridgehead atoms. The first-order valence-corrected chi connectivity index (χ1v) is 5.48. The molecule has 0 saturated heterocycles. The SMILES string of the molecule is CCCc1c(N)nnn1Cc1cncc(F)c1. The van der Waals surface area contributed by atoms with Gasteiger partial charge in [0.1, 0.15) is 5.82 Å². The molecular formula is C11H14FN5. The van der Waals surface area contributed by atoms with Crippen LogP contribution >= 0.6 is 0 Å². The number of pyridine rings is 1. The van der Waals surface area contributed by atoms with Gasteiger partial charge in [0.25, 0.3) is 0 Å². The molecule has 0 unspecified atom stereocenters. The number of hydrogen-bond donors (Lipinski definition) is 1. The summed E-state index contributed by atoms with van der Waals surface area (Å²) in [6.45, 7) is 2.49. The van der Waals surface area contributed by atoms with Crippen molar-refractivity contribution >= 4 is 5.82 Å². The second kappa shape index (κ2) is 4.90. The Labute approximate surface area is 98.5 Å². The van der Waals surface area contributed by atoms with Crippen molar-refractivity contribution in [2.45, 2.75) is 26.3 Å². The Kier molecular flexibility index (Phi) is 3.32. The van der Waals surface area contributed by atoms with E-state index in [9.17, 15) is 4.39 Å². The summed E-state index contributed by atoms with van der Waals surface area (Å²) in [6.07, 6.45) is 4.55. The second-order valence-electron chi connectivity index (χ2n) is 3.84. The van der Waals surface area contributed by atoms with Crippen molar-refractivity contribution in [1.82, 2.24) is 20.0 Å². The Morgan fingerprint density at radius 2 is 2.24 bits per heavy atom. The van der Waals surface area contributed by atoms with Crippen molar-refractivity contribution in [3.05, 3.63) is 35.5 Å². The van der Waals surface area contributed by atoms with E-state index >= 15 is 0 Å². The Bertz CT molecular complexity index is 508. The zero-order valence-corrected chi connectivity index (χ0v) is 9.60. The van der Waals surface area contributed by atoms with Crippen molar-refractivity contribution < 1.29 is 4.39 Å². The van der Waals surface area contributed by atoms with Crippen LogP contribution < -0.4 is 5.73 Å². The van der Waals surface area contributed by atoms with Crippen LogP contribution in [0.25, 0.3) is 0 Å². The van der Waals surface area contributed by atoms with Gasteiger partial charge in [0.15, 0.2) is 5.82 Å². The Morgan fingerprint density at radius 3 is 2.94 bits per heavy atom. The van der Waals surface area contributed by atoms with Gasteiger partial charge < -0.3 is 5.73 Å². The second-order valence-corrected chi connectivity index (χ2v) is 3.84. The molecule has 2 aromatic rings. The van der Waals surface area contributed by atoms with E-state index in [4.69, 9.17) is 5.73 Å². The Hall–Kier alpha value is -1.98. The highest BCUT2D eigenvalue weighted by molar-refractivity contribution is 5.33. The van der Waals surface area contributed by atoms with Gasteiger partial charge in [0.2, 0.25) is 0 Å². The summed E-state index contributed by atoms with van der Waals surface area (Å²) in [5.74, 6) is 0.0869. The van der Waals surface area contributed by atoms with Crippen LogP contribution in [-0.4, -0.2) is 20.0 Å². The van der Waals surface area contributed by atoms with Gasteiger partial charge in [-0.2, -0.15) is 0 Å². The molecule has 0 spiro atoms. The van der Waals surface area contributed by atoms with Gasteiger partial charge in [-0.05, 0) is 18.1 Å². The topological polar surface area (TPSA) is 69.6 Å². The number of anilines is 1. The number of halogens is 1. The molecule has 0 saturated carbocycles. The quantitative estimate of drug-likeness (QED) is 0.869. The molecule has 0 aromatic carbocycles. The molecule has 0 aliphatic heterocycles. The lowest BCUT2D eigenvalue weighted by atomic mass is 10.2. The number of aromatic nitrogens is 4. The third kappa shape index (κ3) is 2.58. The fourth-order valence-electron chi connectivity index (χ4n) is 1.68. The Balaban J connectivity index is 2.24. The number of nitrogens with two attached hydrogens (primary N) is 1.